The molecule has 2 aromatic carbocycles. The largest absolute Gasteiger partial charge is 0.486 e. The molecular weight excluding hydrogens is 537 g/mol. The molecule has 42 heavy (non-hydrogen) atoms. The Morgan fingerprint density at radius 3 is 2.64 bits per heavy atom. The van der Waals surface area contributed by atoms with E-state index in [-0.39, 0.29) is 30.8 Å². The number of anilines is 2. The number of rotatable bonds is 7. The summed E-state index contributed by atoms with van der Waals surface area (Å²) >= 11 is 0. The lowest BCUT2D eigenvalue weighted by Crippen LogP contribution is -2.51. The third kappa shape index (κ3) is 6.66. The van der Waals surface area contributed by atoms with Gasteiger partial charge in [0.05, 0.1) is 12.1 Å². The molecule has 3 aromatic rings. The zero-order valence-electron chi connectivity index (χ0n) is 24.1. The molecule has 0 radical (unpaired) electrons. The van der Waals surface area contributed by atoms with E-state index < -0.39 is 24.3 Å². The number of hydrogen-bond acceptors (Lipinski definition) is 9. The number of carbonyl (C=O) groups excluding carboxylic acids is 1. The van der Waals surface area contributed by atoms with E-state index in [9.17, 15) is 19.6 Å². The van der Waals surface area contributed by atoms with Crippen LogP contribution in [0.15, 0.2) is 42.7 Å². The molecule has 220 valence electrons. The number of hydrogen-bond donors (Lipinski definition) is 2. The molecule has 1 amide bonds. The van der Waals surface area contributed by atoms with Crippen LogP contribution in [0.25, 0.3) is 11.4 Å². The Morgan fingerprint density at radius 1 is 1.17 bits per heavy atom. The fraction of sp³-hybridized carbons (Fsp3) is 0.452. The summed E-state index contributed by atoms with van der Waals surface area (Å²) in [4.78, 5) is 28.8. The van der Waals surface area contributed by atoms with Crippen LogP contribution >= 0.6 is 0 Å². The van der Waals surface area contributed by atoms with Crippen molar-refractivity contribution < 1.29 is 19.0 Å². The molecule has 11 heteroatoms. The van der Waals surface area contributed by atoms with Gasteiger partial charge in [-0.2, -0.15) is 10.2 Å². The molecule has 2 fully saturated rings. The van der Waals surface area contributed by atoms with Crippen LogP contribution < -0.4 is 10.1 Å². The van der Waals surface area contributed by atoms with Gasteiger partial charge < -0.3 is 25.0 Å². The maximum absolute atomic E-state index is 14.8. The van der Waals surface area contributed by atoms with Gasteiger partial charge in [-0.1, -0.05) is 6.07 Å². The SMILES string of the molecule is Cc1cc(Nc2ncnc(-c3ccc(O[C@H]4CCN(C(=O)C(C)O)C[C@H]4F)c(C#N)c3)n2)ccc1C1CCN(C)CC1. The van der Waals surface area contributed by atoms with E-state index in [2.05, 4.69) is 57.3 Å². The molecule has 0 spiro atoms. The quantitative estimate of drug-likeness (QED) is 0.432. The average Bonchev–Trinajstić information content (AvgIpc) is 2.98. The first-order chi connectivity index (χ1) is 20.2. The van der Waals surface area contributed by atoms with Crippen molar-refractivity contribution in [2.75, 3.05) is 38.5 Å². The molecule has 0 saturated carbocycles. The number of amides is 1. The van der Waals surface area contributed by atoms with E-state index in [4.69, 9.17) is 4.74 Å². The van der Waals surface area contributed by atoms with Gasteiger partial charge in [0.1, 0.15) is 30.4 Å². The number of nitriles is 1. The van der Waals surface area contributed by atoms with Crippen molar-refractivity contribution in [3.05, 3.63) is 59.4 Å². The first-order valence-corrected chi connectivity index (χ1v) is 14.3. The average molecular weight is 574 g/mol. The summed E-state index contributed by atoms with van der Waals surface area (Å²) in [7, 11) is 2.17. The number of aryl methyl sites for hydroxylation is 1. The lowest BCUT2D eigenvalue weighted by Gasteiger charge is -2.35. The molecule has 10 nitrogen and oxygen atoms in total. The van der Waals surface area contributed by atoms with Crippen molar-refractivity contribution in [2.45, 2.75) is 57.4 Å². The van der Waals surface area contributed by atoms with Crippen LogP contribution in [0.1, 0.15) is 48.8 Å². The van der Waals surface area contributed by atoms with Crippen molar-refractivity contribution in [1.29, 1.82) is 5.26 Å². The van der Waals surface area contributed by atoms with E-state index in [1.807, 2.05) is 6.07 Å². The van der Waals surface area contributed by atoms with E-state index >= 15 is 0 Å². The maximum atomic E-state index is 14.8. The number of nitrogens with one attached hydrogen (secondary N) is 1. The third-order valence-electron chi connectivity index (χ3n) is 8.04. The van der Waals surface area contributed by atoms with Crippen LogP contribution in [0.2, 0.25) is 0 Å². The van der Waals surface area contributed by atoms with Crippen LogP contribution in [0, 0.1) is 18.3 Å². The summed E-state index contributed by atoms with van der Waals surface area (Å²) in [5.41, 5.74) is 4.30. The molecular formula is C31H36FN7O3. The minimum absolute atomic E-state index is 0.171. The number of aliphatic hydroxyl groups excluding tert-OH is 1. The van der Waals surface area contributed by atoms with E-state index in [0.29, 0.717) is 23.3 Å². The lowest BCUT2D eigenvalue weighted by molar-refractivity contribution is -0.143. The van der Waals surface area contributed by atoms with Crippen LogP contribution in [-0.2, 0) is 4.79 Å². The third-order valence-corrected chi connectivity index (χ3v) is 8.04. The Hall–Kier alpha value is -4.14. The molecule has 3 heterocycles. The van der Waals surface area contributed by atoms with Crippen molar-refractivity contribution in [3.63, 3.8) is 0 Å². The van der Waals surface area contributed by atoms with Gasteiger partial charge in [0.25, 0.3) is 5.91 Å². The molecule has 2 saturated heterocycles. The summed E-state index contributed by atoms with van der Waals surface area (Å²) in [5.74, 6) is 1.07. The van der Waals surface area contributed by atoms with Crippen LogP contribution in [-0.4, -0.2) is 87.4 Å². The number of benzene rings is 2. The molecule has 2 aliphatic rings. The molecule has 2 N–H and O–H groups in total. The monoisotopic (exact) mass is 573 g/mol. The normalized spacial score (nSPS) is 20.5. The van der Waals surface area contributed by atoms with Gasteiger partial charge in [0.2, 0.25) is 5.95 Å². The predicted octanol–water partition coefficient (Wildman–Crippen LogP) is 3.97. The summed E-state index contributed by atoms with van der Waals surface area (Å²) in [6.45, 7) is 5.81. The predicted molar refractivity (Wildman–Crippen MR) is 156 cm³/mol. The van der Waals surface area contributed by atoms with Crippen LogP contribution in [0.3, 0.4) is 0 Å². The maximum Gasteiger partial charge on any atom is 0.251 e. The fourth-order valence-electron chi connectivity index (χ4n) is 5.66. The molecule has 1 unspecified atom stereocenters. The summed E-state index contributed by atoms with van der Waals surface area (Å²) in [5, 5.41) is 22.6. The Kier molecular flexibility index (Phi) is 8.94. The Balaban J connectivity index is 1.26. The van der Waals surface area contributed by atoms with Crippen molar-refractivity contribution in [2.24, 2.45) is 0 Å². The lowest BCUT2D eigenvalue weighted by atomic mass is 9.87. The Morgan fingerprint density at radius 2 is 1.95 bits per heavy atom. The van der Waals surface area contributed by atoms with Gasteiger partial charge in [0, 0.05) is 24.2 Å². The number of ether oxygens (including phenoxy) is 1. The van der Waals surface area contributed by atoms with E-state index in [1.165, 1.54) is 29.3 Å². The molecule has 0 bridgehead atoms. The smallest absolute Gasteiger partial charge is 0.251 e. The number of nitrogens with zero attached hydrogens (tertiary/aromatic N) is 6. The summed E-state index contributed by atoms with van der Waals surface area (Å²) < 4.78 is 20.7. The Bertz CT molecular complexity index is 1470. The molecule has 3 atom stereocenters. The van der Waals surface area contributed by atoms with E-state index in [0.717, 1.165) is 31.6 Å². The summed E-state index contributed by atoms with van der Waals surface area (Å²) in [6, 6.07) is 13.4. The number of piperidine rings is 2. The highest BCUT2D eigenvalue weighted by atomic mass is 19.1. The van der Waals surface area contributed by atoms with Crippen molar-refractivity contribution in [1.82, 2.24) is 24.8 Å². The fourth-order valence-corrected chi connectivity index (χ4v) is 5.66. The van der Waals surface area contributed by atoms with Crippen molar-refractivity contribution in [3.8, 4) is 23.2 Å². The highest BCUT2D eigenvalue weighted by Crippen LogP contribution is 2.32. The van der Waals surface area contributed by atoms with Crippen LogP contribution in [0.4, 0.5) is 16.0 Å². The molecule has 5 rings (SSSR count). The number of halogens is 1. The minimum Gasteiger partial charge on any atom is -0.486 e. The highest BCUT2D eigenvalue weighted by molar-refractivity contribution is 5.80. The second-order valence-electron chi connectivity index (χ2n) is 11.2. The number of likely N-dealkylation sites (tertiary alicyclic amines) is 2. The topological polar surface area (TPSA) is 128 Å². The highest BCUT2D eigenvalue weighted by Gasteiger charge is 2.34. The molecule has 2 aliphatic heterocycles. The van der Waals surface area contributed by atoms with Gasteiger partial charge in [-0.3, -0.25) is 4.79 Å². The first kappa shape index (κ1) is 29.4. The number of aliphatic hydroxyl groups is 1. The van der Waals surface area contributed by atoms with Gasteiger partial charge in [-0.25, -0.2) is 14.4 Å². The van der Waals surface area contributed by atoms with Gasteiger partial charge in [0.15, 0.2) is 12.0 Å². The van der Waals surface area contributed by atoms with E-state index in [1.54, 1.807) is 18.2 Å². The van der Waals surface area contributed by atoms with Crippen LogP contribution in [0.5, 0.6) is 5.75 Å². The summed E-state index contributed by atoms with van der Waals surface area (Å²) in [6.07, 6.45) is 0.527. The van der Waals surface area contributed by atoms with Gasteiger partial charge >= 0.3 is 0 Å². The second kappa shape index (κ2) is 12.8. The second-order valence-corrected chi connectivity index (χ2v) is 11.2. The number of alkyl halides is 1. The molecule has 0 aliphatic carbocycles. The number of aromatic nitrogens is 3. The zero-order valence-corrected chi connectivity index (χ0v) is 24.1. The number of carbonyl (C=O) groups is 1. The minimum atomic E-state index is -1.45. The zero-order chi connectivity index (χ0) is 29.8. The Labute approximate surface area is 245 Å². The molecule has 1 aromatic heterocycles. The van der Waals surface area contributed by atoms with Gasteiger partial charge in [-0.05, 0) is 94.2 Å². The van der Waals surface area contributed by atoms with Gasteiger partial charge in [-0.15, -0.1) is 0 Å². The first-order valence-electron chi connectivity index (χ1n) is 14.3. The standard InChI is InChI=1S/C31H36FN7O3/c1-19-14-24(5-6-25(19)21-8-11-38(3)12-9-21)36-31-35-18-34-29(37-31)22-4-7-27(23(15-22)16-33)42-28-10-13-39(17-26(28)32)30(41)20(2)40/h4-7,14-15,18,20-21,26,28,40H,8-13,17H2,1-3H3,(H,34,35,36,37)/t20?,26-,28+/m1/s1. The van der Waals surface area contributed by atoms with Crippen molar-refractivity contribution >= 4 is 17.5 Å².